The van der Waals surface area contributed by atoms with Crippen molar-refractivity contribution in [3.05, 3.63) is 65.3 Å². The Hall–Kier alpha value is -3.36. The van der Waals surface area contributed by atoms with Crippen molar-refractivity contribution in [2.45, 2.75) is 0 Å². The van der Waals surface area contributed by atoms with E-state index in [4.69, 9.17) is 11.6 Å². The number of halogens is 1. The number of rotatable bonds is 2. The fourth-order valence-electron chi connectivity index (χ4n) is 2.85. The Balaban J connectivity index is 2.10. The van der Waals surface area contributed by atoms with Crippen LogP contribution in [0.25, 0.3) is 33.4 Å². The van der Waals surface area contributed by atoms with Crippen LogP contribution in [0.2, 0.25) is 5.02 Å². The van der Waals surface area contributed by atoms with E-state index in [1.165, 1.54) is 0 Å². The van der Waals surface area contributed by atoms with Crippen LogP contribution >= 0.6 is 11.6 Å². The molecule has 2 heterocycles. The van der Waals surface area contributed by atoms with E-state index in [2.05, 4.69) is 21.3 Å². The largest absolute Gasteiger partial charge is 0.506 e. The molecule has 0 aliphatic heterocycles. The molecule has 0 spiro atoms. The highest BCUT2D eigenvalue weighted by molar-refractivity contribution is 6.32. The fraction of sp³-hybridized carbons (Fsp3) is 0. The first-order valence-electron chi connectivity index (χ1n) is 7.50. The van der Waals surface area contributed by atoms with Crippen LogP contribution in [0, 0.1) is 11.3 Å². The Bertz CT molecular complexity index is 1130. The third kappa shape index (κ3) is 2.49. The van der Waals surface area contributed by atoms with Crippen LogP contribution in [0.4, 0.5) is 0 Å². The van der Waals surface area contributed by atoms with Gasteiger partial charge >= 0.3 is 0 Å². The summed E-state index contributed by atoms with van der Waals surface area (Å²) >= 11 is 5.92. The lowest BCUT2D eigenvalue weighted by molar-refractivity contribution is 0.476. The van der Waals surface area contributed by atoms with Gasteiger partial charge in [-0.15, -0.1) is 0 Å². The number of hydrogen-bond donors (Lipinski definition) is 2. The number of aromatic hydroxyl groups is 1. The fourth-order valence-corrected chi connectivity index (χ4v) is 2.97. The van der Waals surface area contributed by atoms with Gasteiger partial charge in [0.1, 0.15) is 11.8 Å². The van der Waals surface area contributed by atoms with Crippen LogP contribution in [0.3, 0.4) is 0 Å². The van der Waals surface area contributed by atoms with E-state index in [-0.39, 0.29) is 10.8 Å². The first-order chi connectivity index (χ1) is 12.2. The Kier molecular flexibility index (Phi) is 3.60. The molecular weight excluding hydrogens is 336 g/mol. The van der Waals surface area contributed by atoms with Crippen molar-refractivity contribution >= 4 is 22.6 Å². The molecule has 0 bridgehead atoms. The van der Waals surface area contributed by atoms with E-state index in [0.29, 0.717) is 33.4 Å². The zero-order valence-electron chi connectivity index (χ0n) is 12.9. The lowest BCUT2D eigenvalue weighted by Crippen LogP contribution is -1.95. The van der Waals surface area contributed by atoms with Gasteiger partial charge in [0.2, 0.25) is 0 Å². The average molecular weight is 347 g/mol. The molecule has 5 nitrogen and oxygen atoms in total. The second kappa shape index (κ2) is 5.93. The molecular formula is C19H11ClN4O. The molecule has 0 fully saturated rings. The third-order valence-electron chi connectivity index (χ3n) is 3.99. The molecule has 0 amide bonds. The molecule has 4 aromatic rings. The van der Waals surface area contributed by atoms with Crippen molar-refractivity contribution in [3.8, 4) is 34.2 Å². The summed E-state index contributed by atoms with van der Waals surface area (Å²) in [6, 6.07) is 16.6. The first kappa shape index (κ1) is 15.2. The van der Waals surface area contributed by atoms with E-state index < -0.39 is 0 Å². The standard InChI is InChI=1S/C19H11ClN4O/c20-15-7-6-12(8-16(15)25)17-13(9-21)18(11-4-2-1-3-5-11)23-19-14(17)10-22-24-19/h1-8,10,25H,(H,22,23,24). The number of nitriles is 1. The van der Waals surface area contributed by atoms with E-state index in [9.17, 15) is 10.4 Å². The van der Waals surface area contributed by atoms with Gasteiger partial charge in [0.25, 0.3) is 0 Å². The quantitative estimate of drug-likeness (QED) is 0.558. The van der Waals surface area contributed by atoms with Crippen LogP contribution in [0.1, 0.15) is 5.56 Å². The summed E-state index contributed by atoms with van der Waals surface area (Å²) in [6.45, 7) is 0. The second-order valence-electron chi connectivity index (χ2n) is 5.49. The van der Waals surface area contributed by atoms with Crippen LogP contribution in [0.15, 0.2) is 54.7 Å². The van der Waals surface area contributed by atoms with Gasteiger partial charge in [0.15, 0.2) is 5.65 Å². The van der Waals surface area contributed by atoms with Gasteiger partial charge in [0, 0.05) is 16.5 Å². The molecule has 0 radical (unpaired) electrons. The van der Waals surface area contributed by atoms with Crippen molar-refractivity contribution in [3.63, 3.8) is 0 Å². The minimum Gasteiger partial charge on any atom is -0.506 e. The van der Waals surface area contributed by atoms with Crippen molar-refractivity contribution in [1.82, 2.24) is 15.2 Å². The number of H-pyrrole nitrogens is 1. The minimum absolute atomic E-state index is 0.0437. The molecule has 25 heavy (non-hydrogen) atoms. The van der Waals surface area contributed by atoms with Gasteiger partial charge in [-0.05, 0) is 17.7 Å². The molecule has 4 rings (SSSR count). The summed E-state index contributed by atoms with van der Waals surface area (Å²) in [7, 11) is 0. The van der Waals surface area contributed by atoms with Crippen molar-refractivity contribution in [2.24, 2.45) is 0 Å². The topological polar surface area (TPSA) is 85.6 Å². The van der Waals surface area contributed by atoms with E-state index in [0.717, 1.165) is 5.56 Å². The SMILES string of the molecule is N#Cc1c(-c2ccccc2)nc2[nH]ncc2c1-c1ccc(Cl)c(O)c1. The maximum atomic E-state index is 9.98. The van der Waals surface area contributed by atoms with Gasteiger partial charge in [-0.3, -0.25) is 5.10 Å². The number of nitrogens with one attached hydrogen (secondary N) is 1. The summed E-state index contributed by atoms with van der Waals surface area (Å²) in [5, 5.41) is 27.7. The summed E-state index contributed by atoms with van der Waals surface area (Å²) in [6.07, 6.45) is 1.62. The summed E-state index contributed by atoms with van der Waals surface area (Å²) in [5.41, 5.74) is 3.71. The molecule has 6 heteroatoms. The molecule has 2 aromatic heterocycles. The average Bonchev–Trinajstić information content (AvgIpc) is 3.11. The molecule has 0 aliphatic carbocycles. The highest BCUT2D eigenvalue weighted by atomic mass is 35.5. The number of phenolic OH excluding ortho intramolecular Hbond substituents is 1. The zero-order valence-corrected chi connectivity index (χ0v) is 13.6. The van der Waals surface area contributed by atoms with Crippen LogP contribution in [0.5, 0.6) is 5.75 Å². The van der Waals surface area contributed by atoms with E-state index in [1.54, 1.807) is 24.4 Å². The van der Waals surface area contributed by atoms with E-state index >= 15 is 0 Å². The number of aromatic amines is 1. The maximum Gasteiger partial charge on any atom is 0.156 e. The number of phenols is 1. The molecule has 0 saturated heterocycles. The molecule has 2 aromatic carbocycles. The molecule has 0 aliphatic rings. The van der Waals surface area contributed by atoms with Gasteiger partial charge in [0.05, 0.1) is 22.5 Å². The first-order valence-corrected chi connectivity index (χ1v) is 7.88. The zero-order chi connectivity index (χ0) is 17.4. The lowest BCUT2D eigenvalue weighted by Gasteiger charge is -2.11. The predicted octanol–water partition coefficient (Wildman–Crippen LogP) is 4.52. The maximum absolute atomic E-state index is 9.98. The third-order valence-corrected chi connectivity index (χ3v) is 4.31. The summed E-state index contributed by atoms with van der Waals surface area (Å²) < 4.78 is 0. The highest BCUT2D eigenvalue weighted by Gasteiger charge is 2.19. The highest BCUT2D eigenvalue weighted by Crippen LogP contribution is 2.38. The Morgan fingerprint density at radius 3 is 2.60 bits per heavy atom. The number of hydrogen-bond acceptors (Lipinski definition) is 4. The number of benzene rings is 2. The predicted molar refractivity (Wildman–Crippen MR) is 96.2 cm³/mol. The Labute approximate surface area is 148 Å². The Morgan fingerprint density at radius 2 is 1.88 bits per heavy atom. The van der Waals surface area contributed by atoms with Gasteiger partial charge in [-0.2, -0.15) is 10.4 Å². The van der Waals surface area contributed by atoms with Crippen molar-refractivity contribution < 1.29 is 5.11 Å². The molecule has 0 unspecified atom stereocenters. The normalized spacial score (nSPS) is 10.7. The second-order valence-corrected chi connectivity index (χ2v) is 5.89. The van der Waals surface area contributed by atoms with E-state index in [1.807, 2.05) is 30.3 Å². The van der Waals surface area contributed by atoms with Crippen LogP contribution in [-0.2, 0) is 0 Å². The Morgan fingerprint density at radius 1 is 1.08 bits per heavy atom. The number of pyridine rings is 1. The number of nitrogens with zero attached hydrogens (tertiary/aromatic N) is 3. The minimum atomic E-state index is -0.0437. The van der Waals surface area contributed by atoms with Crippen LogP contribution < -0.4 is 0 Å². The van der Waals surface area contributed by atoms with Crippen molar-refractivity contribution in [2.75, 3.05) is 0 Å². The van der Waals surface area contributed by atoms with Crippen LogP contribution in [-0.4, -0.2) is 20.3 Å². The molecule has 0 atom stereocenters. The summed E-state index contributed by atoms with van der Waals surface area (Å²) in [5.74, 6) is -0.0437. The molecule has 120 valence electrons. The molecule has 0 saturated carbocycles. The van der Waals surface area contributed by atoms with Gasteiger partial charge < -0.3 is 5.11 Å². The van der Waals surface area contributed by atoms with Gasteiger partial charge in [-0.25, -0.2) is 4.98 Å². The number of aromatic nitrogens is 3. The van der Waals surface area contributed by atoms with Crippen molar-refractivity contribution in [1.29, 1.82) is 5.26 Å². The summed E-state index contributed by atoms with van der Waals surface area (Å²) in [4.78, 5) is 4.57. The smallest absolute Gasteiger partial charge is 0.156 e. The monoisotopic (exact) mass is 346 g/mol. The lowest BCUT2D eigenvalue weighted by atomic mass is 9.94. The van der Waals surface area contributed by atoms with Gasteiger partial charge in [-0.1, -0.05) is 48.0 Å². The number of fused-ring (bicyclic) bond motifs is 1. The molecule has 2 N–H and O–H groups in total.